The fourth-order valence-corrected chi connectivity index (χ4v) is 1.13. The van der Waals surface area contributed by atoms with E-state index in [1.165, 1.54) is 11.3 Å². The van der Waals surface area contributed by atoms with Crippen molar-refractivity contribution in [1.29, 1.82) is 0 Å². The number of carboxylic acids is 1. The number of nitrogens with zero attached hydrogens (tertiary/aromatic N) is 1. The largest absolute Gasteiger partial charge is 0.542 e. The first kappa shape index (κ1) is 11.6. The van der Waals surface area contributed by atoms with Crippen molar-refractivity contribution < 1.29 is 14.7 Å². The summed E-state index contributed by atoms with van der Waals surface area (Å²) in [5.41, 5.74) is 6.45. The van der Waals surface area contributed by atoms with E-state index < -0.39 is 5.97 Å². The lowest BCUT2D eigenvalue weighted by atomic mass is 10.4. The minimum Gasteiger partial charge on any atom is -0.542 e. The van der Waals surface area contributed by atoms with E-state index >= 15 is 0 Å². The van der Waals surface area contributed by atoms with Crippen LogP contribution in [0, 0.1) is 0 Å². The minimum absolute atomic E-state index is 0.278. The van der Waals surface area contributed by atoms with Crippen LogP contribution in [0.3, 0.4) is 0 Å². The normalized spacial score (nSPS) is 8.38. The Morgan fingerprint density at radius 3 is 2.54 bits per heavy atom. The van der Waals surface area contributed by atoms with Gasteiger partial charge in [-0.25, -0.2) is 4.98 Å². The van der Waals surface area contributed by atoms with Gasteiger partial charge in [0.1, 0.15) is 5.97 Å². The monoisotopic (exact) mass is 201 g/mol. The van der Waals surface area contributed by atoms with Crippen LogP contribution < -0.4 is 10.8 Å². The summed E-state index contributed by atoms with van der Waals surface area (Å²) in [6.45, 7) is 2.06. The van der Waals surface area contributed by atoms with Gasteiger partial charge < -0.3 is 15.6 Å². The molecule has 2 N–H and O–H groups in total. The van der Waals surface area contributed by atoms with Crippen LogP contribution in [-0.4, -0.2) is 17.2 Å². The number of nitrogen functional groups attached to an aromatic ring is 1. The molecule has 72 valence electrons. The number of anilines is 1. The van der Waals surface area contributed by atoms with Crippen molar-refractivity contribution in [2.24, 2.45) is 0 Å². The Labute approximate surface area is 79.2 Å². The highest BCUT2D eigenvalue weighted by Crippen LogP contribution is 2.10. The van der Waals surface area contributed by atoms with Gasteiger partial charge >= 0.3 is 0 Å². The van der Waals surface area contributed by atoms with E-state index in [4.69, 9.17) is 20.4 Å². The summed E-state index contributed by atoms with van der Waals surface area (Å²) in [5.74, 6) is -1.68. The minimum atomic E-state index is -1.68. The molecular formula is C7H9N2O3S-. The first-order chi connectivity index (χ1) is 6.10. The average Bonchev–Trinajstić information content (AvgIpc) is 2.52. The fraction of sp³-hybridized carbons (Fsp3) is 0.286. The third-order valence-electron chi connectivity index (χ3n) is 1.03. The summed E-state index contributed by atoms with van der Waals surface area (Å²) in [6, 6.07) is 0. The Hall–Kier alpha value is -1.43. The third kappa shape index (κ3) is 5.80. The second kappa shape index (κ2) is 6.13. The molecule has 5 nitrogen and oxygen atoms in total. The summed E-state index contributed by atoms with van der Waals surface area (Å²) >= 11 is 1.50. The number of hydrogen-bond acceptors (Lipinski definition) is 6. The molecule has 0 aromatic carbocycles. The molecule has 1 heterocycles. The van der Waals surface area contributed by atoms with Gasteiger partial charge in [-0.1, -0.05) is 6.92 Å². The molecule has 0 atom stereocenters. The number of hydrogen-bond donors (Lipinski definition) is 1. The van der Waals surface area contributed by atoms with E-state index in [0.29, 0.717) is 5.13 Å². The van der Waals surface area contributed by atoms with Gasteiger partial charge in [-0.2, -0.15) is 0 Å². The van der Waals surface area contributed by atoms with Crippen molar-refractivity contribution in [3.63, 3.8) is 0 Å². The van der Waals surface area contributed by atoms with E-state index in [0.717, 1.165) is 12.1 Å². The molecule has 0 spiro atoms. The molecule has 1 aromatic rings. The summed E-state index contributed by atoms with van der Waals surface area (Å²) in [5, 5.41) is 11.5. The maximum Gasteiger partial charge on any atom is 0.180 e. The van der Waals surface area contributed by atoms with Gasteiger partial charge in [-0.05, 0) is 6.42 Å². The van der Waals surface area contributed by atoms with Gasteiger partial charge in [0, 0.05) is 5.38 Å². The zero-order valence-electron chi connectivity index (χ0n) is 7.02. The highest BCUT2D eigenvalue weighted by Gasteiger charge is 1.91. The number of carboxylic acid groups (broad SMARTS) is 1. The molecule has 0 radical (unpaired) electrons. The number of aryl methyl sites for hydroxylation is 1. The molecule has 0 amide bonds. The number of aldehydes is 1. The maximum atomic E-state index is 8.89. The number of nitrogens with two attached hydrogens (primary N) is 1. The van der Waals surface area contributed by atoms with Gasteiger partial charge in [0.05, 0.1) is 5.69 Å². The SMILES string of the molecule is CCc1csc(N)n1.O=CC(=O)[O-]. The predicted octanol–water partition coefficient (Wildman–Crippen LogP) is -0.777. The van der Waals surface area contributed by atoms with Crippen LogP contribution in [0.5, 0.6) is 0 Å². The molecule has 0 aliphatic rings. The van der Waals surface area contributed by atoms with Crippen LogP contribution in [-0.2, 0) is 16.0 Å². The Kier molecular flexibility index (Phi) is 5.45. The molecule has 0 fully saturated rings. The topological polar surface area (TPSA) is 96.1 Å². The molecular weight excluding hydrogens is 192 g/mol. The Morgan fingerprint density at radius 1 is 1.85 bits per heavy atom. The standard InChI is InChI=1S/C5H8N2S.C2H2O3/c1-2-4-3-8-5(6)7-4;3-1-2(4)5/h3H,2H2,1H3,(H2,6,7);1H,(H,4,5)/p-1. The van der Waals surface area contributed by atoms with E-state index in [1.807, 2.05) is 5.38 Å². The molecule has 0 unspecified atom stereocenters. The molecule has 0 saturated heterocycles. The third-order valence-corrected chi connectivity index (χ3v) is 1.75. The number of carbonyl (C=O) groups is 2. The molecule has 1 rings (SSSR count). The van der Waals surface area contributed by atoms with E-state index in [2.05, 4.69) is 11.9 Å². The maximum absolute atomic E-state index is 8.89. The molecule has 0 bridgehead atoms. The summed E-state index contributed by atoms with van der Waals surface area (Å²) in [7, 11) is 0. The molecule has 0 saturated carbocycles. The second-order valence-electron chi connectivity index (χ2n) is 1.97. The van der Waals surface area contributed by atoms with Gasteiger partial charge in [0.2, 0.25) is 0 Å². The zero-order chi connectivity index (χ0) is 10.3. The number of aromatic nitrogens is 1. The van der Waals surface area contributed by atoms with Crippen LogP contribution in [0.4, 0.5) is 5.13 Å². The lowest BCUT2D eigenvalue weighted by Gasteiger charge is -1.79. The Bertz CT molecular complexity index is 285. The van der Waals surface area contributed by atoms with Crippen LogP contribution in [0.15, 0.2) is 5.38 Å². The van der Waals surface area contributed by atoms with Crippen molar-refractivity contribution in [3.05, 3.63) is 11.1 Å². The number of thiazole rings is 1. The van der Waals surface area contributed by atoms with Gasteiger partial charge in [0.25, 0.3) is 0 Å². The van der Waals surface area contributed by atoms with Gasteiger partial charge in [0.15, 0.2) is 11.4 Å². The van der Waals surface area contributed by atoms with Crippen molar-refractivity contribution in [1.82, 2.24) is 4.98 Å². The van der Waals surface area contributed by atoms with Gasteiger partial charge in [-0.15, -0.1) is 11.3 Å². The Balaban J connectivity index is 0.000000252. The first-order valence-electron chi connectivity index (χ1n) is 3.46. The summed E-state index contributed by atoms with van der Waals surface area (Å²) < 4.78 is 0. The van der Waals surface area contributed by atoms with Crippen molar-refractivity contribution in [2.45, 2.75) is 13.3 Å². The second-order valence-corrected chi connectivity index (χ2v) is 2.86. The van der Waals surface area contributed by atoms with Gasteiger partial charge in [-0.3, -0.25) is 4.79 Å². The number of rotatable bonds is 2. The number of aliphatic carboxylic acids is 1. The molecule has 6 heteroatoms. The fourth-order valence-electron chi connectivity index (χ4n) is 0.485. The van der Waals surface area contributed by atoms with Crippen molar-refractivity contribution in [3.8, 4) is 0 Å². The lowest BCUT2D eigenvalue weighted by Crippen LogP contribution is -2.22. The average molecular weight is 201 g/mol. The lowest BCUT2D eigenvalue weighted by molar-refractivity contribution is -0.298. The molecule has 0 aliphatic carbocycles. The van der Waals surface area contributed by atoms with Crippen LogP contribution in [0.25, 0.3) is 0 Å². The summed E-state index contributed by atoms with van der Waals surface area (Å²) in [4.78, 5) is 21.8. The molecule has 1 aromatic heterocycles. The van der Waals surface area contributed by atoms with Crippen LogP contribution >= 0.6 is 11.3 Å². The van der Waals surface area contributed by atoms with E-state index in [-0.39, 0.29) is 6.29 Å². The smallest absolute Gasteiger partial charge is 0.180 e. The van der Waals surface area contributed by atoms with Crippen molar-refractivity contribution >= 4 is 28.7 Å². The van der Waals surface area contributed by atoms with E-state index in [9.17, 15) is 0 Å². The highest BCUT2D eigenvalue weighted by atomic mass is 32.1. The highest BCUT2D eigenvalue weighted by molar-refractivity contribution is 7.13. The molecule has 13 heavy (non-hydrogen) atoms. The quantitative estimate of drug-likeness (QED) is 0.500. The van der Waals surface area contributed by atoms with Crippen molar-refractivity contribution in [2.75, 3.05) is 5.73 Å². The predicted molar refractivity (Wildman–Crippen MR) is 47.0 cm³/mol. The summed E-state index contributed by atoms with van der Waals surface area (Å²) in [6.07, 6.45) is 0.702. The number of carbonyl (C=O) groups excluding carboxylic acids is 2. The van der Waals surface area contributed by atoms with E-state index in [1.54, 1.807) is 0 Å². The molecule has 0 aliphatic heterocycles. The first-order valence-corrected chi connectivity index (χ1v) is 4.34. The Morgan fingerprint density at radius 2 is 2.38 bits per heavy atom. The van der Waals surface area contributed by atoms with Crippen LogP contribution in [0.2, 0.25) is 0 Å². The zero-order valence-corrected chi connectivity index (χ0v) is 7.84. The van der Waals surface area contributed by atoms with Crippen LogP contribution in [0.1, 0.15) is 12.6 Å².